The van der Waals surface area contributed by atoms with Gasteiger partial charge in [-0.3, -0.25) is 4.79 Å². The monoisotopic (exact) mass is 286 g/mol. The van der Waals surface area contributed by atoms with E-state index in [9.17, 15) is 14.7 Å². The van der Waals surface area contributed by atoms with E-state index in [0.717, 1.165) is 25.7 Å². The van der Waals surface area contributed by atoms with Crippen LogP contribution in [-0.2, 0) is 9.53 Å². The molecule has 0 bridgehead atoms. The summed E-state index contributed by atoms with van der Waals surface area (Å²) in [5, 5.41) is 12.1. The Balaban J connectivity index is 2.50. The van der Waals surface area contributed by atoms with Gasteiger partial charge in [0.25, 0.3) is 0 Å². The molecular formula is C14H26N2O4. The lowest BCUT2D eigenvalue weighted by atomic mass is 9.95. The van der Waals surface area contributed by atoms with Gasteiger partial charge in [0.05, 0.1) is 12.5 Å². The molecule has 1 aliphatic rings. The molecule has 0 saturated heterocycles. The second-order valence-corrected chi connectivity index (χ2v) is 5.26. The normalized spacial score (nSPS) is 22.9. The fourth-order valence-corrected chi connectivity index (χ4v) is 2.49. The highest BCUT2D eigenvalue weighted by Crippen LogP contribution is 2.23. The van der Waals surface area contributed by atoms with Gasteiger partial charge in [0.1, 0.15) is 0 Å². The Bertz CT molecular complexity index is 322. The molecule has 0 aromatic rings. The molecule has 1 aliphatic carbocycles. The SMILES string of the molecule is CCOCCN(C)C(=O)NC1CCCCCC1C(=O)O. The van der Waals surface area contributed by atoms with E-state index in [0.29, 0.717) is 26.2 Å². The number of hydrogen-bond donors (Lipinski definition) is 2. The molecule has 2 unspecified atom stereocenters. The molecule has 6 nitrogen and oxygen atoms in total. The first kappa shape index (κ1) is 16.8. The van der Waals surface area contributed by atoms with E-state index in [1.807, 2.05) is 6.92 Å². The standard InChI is InChI=1S/C14H26N2O4/c1-3-20-10-9-16(2)14(19)15-12-8-6-4-5-7-11(12)13(17)18/h11-12H,3-10H2,1-2H3,(H,15,19)(H,17,18). The molecule has 6 heteroatoms. The maximum atomic E-state index is 12.1. The molecule has 2 atom stereocenters. The minimum atomic E-state index is -0.811. The predicted molar refractivity (Wildman–Crippen MR) is 75.7 cm³/mol. The summed E-state index contributed by atoms with van der Waals surface area (Å²) < 4.78 is 5.21. The molecule has 0 heterocycles. The molecule has 0 aliphatic heterocycles. The van der Waals surface area contributed by atoms with Gasteiger partial charge in [-0.05, 0) is 19.8 Å². The van der Waals surface area contributed by atoms with Crippen molar-refractivity contribution < 1.29 is 19.4 Å². The zero-order valence-electron chi connectivity index (χ0n) is 12.4. The van der Waals surface area contributed by atoms with Crippen LogP contribution in [0.3, 0.4) is 0 Å². The van der Waals surface area contributed by atoms with Crippen molar-refractivity contribution in [3.8, 4) is 0 Å². The Morgan fingerprint density at radius 2 is 2.00 bits per heavy atom. The van der Waals surface area contributed by atoms with Gasteiger partial charge < -0.3 is 20.1 Å². The van der Waals surface area contributed by atoms with E-state index < -0.39 is 11.9 Å². The van der Waals surface area contributed by atoms with Crippen molar-refractivity contribution in [3.63, 3.8) is 0 Å². The molecule has 1 fully saturated rings. The first-order valence-corrected chi connectivity index (χ1v) is 7.38. The third-order valence-corrected chi connectivity index (χ3v) is 3.76. The summed E-state index contributed by atoms with van der Waals surface area (Å²) in [4.78, 5) is 24.9. The Morgan fingerprint density at radius 1 is 1.30 bits per heavy atom. The number of nitrogens with zero attached hydrogens (tertiary/aromatic N) is 1. The van der Waals surface area contributed by atoms with Crippen LogP contribution in [0.15, 0.2) is 0 Å². The van der Waals surface area contributed by atoms with Crippen molar-refractivity contribution >= 4 is 12.0 Å². The maximum Gasteiger partial charge on any atom is 0.317 e. The molecule has 0 aromatic carbocycles. The third kappa shape index (κ3) is 5.36. The number of amides is 2. The number of rotatable bonds is 6. The van der Waals surface area contributed by atoms with E-state index in [1.165, 1.54) is 0 Å². The summed E-state index contributed by atoms with van der Waals surface area (Å²) in [6, 6.07) is -0.486. The first-order valence-electron chi connectivity index (χ1n) is 7.38. The van der Waals surface area contributed by atoms with Gasteiger partial charge in [-0.25, -0.2) is 4.79 Å². The lowest BCUT2D eigenvalue weighted by Gasteiger charge is -2.26. The molecule has 1 saturated carbocycles. The Labute approximate surface area is 120 Å². The number of carboxylic acids is 1. The van der Waals surface area contributed by atoms with Crippen molar-refractivity contribution in [1.82, 2.24) is 10.2 Å². The second kappa shape index (κ2) is 8.79. The van der Waals surface area contributed by atoms with Crippen LogP contribution in [0.5, 0.6) is 0 Å². The van der Waals surface area contributed by atoms with E-state index >= 15 is 0 Å². The van der Waals surface area contributed by atoms with Crippen LogP contribution >= 0.6 is 0 Å². The minimum absolute atomic E-state index is 0.220. The Hall–Kier alpha value is -1.30. The van der Waals surface area contributed by atoms with Crippen LogP contribution in [0.25, 0.3) is 0 Å². The first-order chi connectivity index (χ1) is 9.56. The zero-order valence-corrected chi connectivity index (χ0v) is 12.4. The van der Waals surface area contributed by atoms with E-state index in [1.54, 1.807) is 11.9 Å². The van der Waals surface area contributed by atoms with E-state index in [-0.39, 0.29) is 12.1 Å². The van der Waals surface area contributed by atoms with Crippen molar-refractivity contribution in [1.29, 1.82) is 0 Å². The lowest BCUT2D eigenvalue weighted by Crippen LogP contribution is -2.48. The van der Waals surface area contributed by atoms with E-state index in [4.69, 9.17) is 4.74 Å². The summed E-state index contributed by atoms with van der Waals surface area (Å²) in [5.74, 6) is -1.28. The molecule has 20 heavy (non-hydrogen) atoms. The van der Waals surface area contributed by atoms with Crippen molar-refractivity contribution in [2.45, 2.75) is 45.1 Å². The number of carbonyl (C=O) groups excluding carboxylic acids is 1. The highest BCUT2D eigenvalue weighted by molar-refractivity contribution is 5.76. The van der Waals surface area contributed by atoms with Crippen LogP contribution in [-0.4, -0.2) is 54.9 Å². The molecule has 1 rings (SSSR count). The molecule has 0 radical (unpaired) electrons. The zero-order chi connectivity index (χ0) is 15.0. The minimum Gasteiger partial charge on any atom is -0.481 e. The molecule has 2 N–H and O–H groups in total. The largest absolute Gasteiger partial charge is 0.481 e. The van der Waals surface area contributed by atoms with Crippen LogP contribution < -0.4 is 5.32 Å². The van der Waals surface area contributed by atoms with Gasteiger partial charge in [0, 0.05) is 26.2 Å². The second-order valence-electron chi connectivity index (χ2n) is 5.26. The summed E-state index contributed by atoms with van der Waals surface area (Å²) in [6.45, 7) is 3.53. The smallest absolute Gasteiger partial charge is 0.317 e. The summed E-state index contributed by atoms with van der Waals surface area (Å²) in [6.07, 6.45) is 4.31. The quantitative estimate of drug-likeness (QED) is 0.575. The highest BCUT2D eigenvalue weighted by Gasteiger charge is 2.31. The van der Waals surface area contributed by atoms with Crippen LogP contribution in [0.2, 0.25) is 0 Å². The number of urea groups is 1. The topological polar surface area (TPSA) is 78.9 Å². The number of carbonyl (C=O) groups is 2. The number of nitrogens with one attached hydrogen (secondary N) is 1. The number of hydrogen-bond acceptors (Lipinski definition) is 3. The maximum absolute atomic E-state index is 12.1. The van der Waals surface area contributed by atoms with Gasteiger partial charge >= 0.3 is 12.0 Å². The number of carboxylic acid groups (broad SMARTS) is 1. The van der Waals surface area contributed by atoms with Crippen molar-refractivity contribution in [2.24, 2.45) is 5.92 Å². The number of aliphatic carboxylic acids is 1. The average Bonchev–Trinajstić information content (AvgIpc) is 2.64. The molecule has 2 amide bonds. The number of likely N-dealkylation sites (N-methyl/N-ethyl adjacent to an activating group) is 1. The molecule has 116 valence electrons. The van der Waals surface area contributed by atoms with Crippen molar-refractivity contribution in [3.05, 3.63) is 0 Å². The molecular weight excluding hydrogens is 260 g/mol. The van der Waals surface area contributed by atoms with E-state index in [2.05, 4.69) is 5.32 Å². The highest BCUT2D eigenvalue weighted by atomic mass is 16.5. The Morgan fingerprint density at radius 3 is 2.65 bits per heavy atom. The summed E-state index contributed by atoms with van der Waals surface area (Å²) in [5.41, 5.74) is 0. The predicted octanol–water partition coefficient (Wildman–Crippen LogP) is 1.70. The van der Waals surface area contributed by atoms with Crippen LogP contribution in [0, 0.1) is 5.92 Å². The number of ether oxygens (including phenoxy) is 1. The summed E-state index contributed by atoms with van der Waals surface area (Å²) in [7, 11) is 1.70. The lowest BCUT2D eigenvalue weighted by molar-refractivity contribution is -0.142. The fourth-order valence-electron chi connectivity index (χ4n) is 2.49. The Kier molecular flexibility index (Phi) is 7.36. The molecule has 0 spiro atoms. The summed E-state index contributed by atoms with van der Waals surface area (Å²) >= 11 is 0. The van der Waals surface area contributed by atoms with Crippen molar-refractivity contribution in [2.75, 3.05) is 26.8 Å². The van der Waals surface area contributed by atoms with Gasteiger partial charge in [0.15, 0.2) is 0 Å². The molecule has 0 aromatic heterocycles. The van der Waals surface area contributed by atoms with Crippen LogP contribution in [0.1, 0.15) is 39.0 Å². The van der Waals surface area contributed by atoms with Gasteiger partial charge in [-0.2, -0.15) is 0 Å². The van der Waals surface area contributed by atoms with Gasteiger partial charge in [-0.15, -0.1) is 0 Å². The fraction of sp³-hybridized carbons (Fsp3) is 0.857. The van der Waals surface area contributed by atoms with Crippen LogP contribution in [0.4, 0.5) is 4.79 Å². The van der Waals surface area contributed by atoms with Gasteiger partial charge in [0.2, 0.25) is 0 Å². The third-order valence-electron chi connectivity index (χ3n) is 3.76. The average molecular weight is 286 g/mol. The van der Waals surface area contributed by atoms with Gasteiger partial charge in [-0.1, -0.05) is 19.3 Å².